The molecule has 0 unspecified atom stereocenters. The van der Waals surface area contributed by atoms with E-state index in [9.17, 15) is 15.1 Å². The first kappa shape index (κ1) is 15.0. The van der Waals surface area contributed by atoms with Crippen molar-refractivity contribution in [1.29, 1.82) is 0 Å². The molecule has 0 saturated carbocycles. The lowest BCUT2D eigenvalue weighted by Gasteiger charge is -2.12. The van der Waals surface area contributed by atoms with Crippen molar-refractivity contribution in [2.24, 2.45) is 0 Å². The Labute approximate surface area is 322 Å². The van der Waals surface area contributed by atoms with Gasteiger partial charge in [0.2, 0.25) is 0 Å². The Morgan fingerprint density at radius 2 is 0.902 bits per heavy atom. The lowest BCUT2D eigenvalue weighted by Crippen LogP contribution is -1.96. The van der Waals surface area contributed by atoms with Crippen LogP contribution in [-0.2, 0) is 0 Å². The highest BCUT2D eigenvalue weighted by Gasteiger charge is 2.21. The average molecular weight is 670 g/mol. The van der Waals surface area contributed by atoms with Gasteiger partial charge in [-0.1, -0.05) is 115 Å². The molecule has 3 nitrogen and oxygen atoms in total. The minimum Gasteiger partial charge on any atom is -0.309 e. The fourth-order valence-electron chi connectivity index (χ4n) is 7.09. The molecular formula is C48H31N3. The molecule has 0 spiro atoms. The maximum atomic E-state index is 10.1. The van der Waals surface area contributed by atoms with Crippen LogP contribution in [0.25, 0.3) is 93.6 Å². The van der Waals surface area contributed by atoms with Gasteiger partial charge in [-0.25, -0.2) is 0 Å². The van der Waals surface area contributed by atoms with Crippen LogP contribution in [0.3, 0.4) is 0 Å². The first-order chi connectivity index (χ1) is 33.7. The number of benzene rings is 8. The van der Waals surface area contributed by atoms with Crippen LogP contribution < -0.4 is 0 Å². The SMILES string of the molecule is [2H]c1cc2c3c(-n4c5c([2H])c([2H])c([2H])c([2H])c5c5c([2H])c(-c6c([2H])c([2H])c([2H])c7c6c6c([2H])c([2H])c([2H])c([2H])c6n7-c6ccccc6)c([2H])c([2H])c54)c([2H])c([2H])c([2H])c3n(-c3ccccc3)c2c([2H])c1[2H]. The molecule has 0 aliphatic heterocycles. The van der Waals surface area contributed by atoms with Crippen LogP contribution in [0.1, 0.15) is 27.4 Å². The molecule has 3 heterocycles. The second kappa shape index (κ2) is 10.8. The average Bonchev–Trinajstić information content (AvgIpc) is 4.03. The summed E-state index contributed by atoms with van der Waals surface area (Å²) in [6.07, 6.45) is 0. The van der Waals surface area contributed by atoms with E-state index in [1.807, 2.05) is 0 Å². The highest BCUT2D eigenvalue weighted by atomic mass is 15.0. The topological polar surface area (TPSA) is 14.8 Å². The summed E-state index contributed by atoms with van der Waals surface area (Å²) < 4.78 is 188. The molecule has 3 heteroatoms. The van der Waals surface area contributed by atoms with Gasteiger partial charge in [-0.05, 0) is 83.7 Å². The van der Waals surface area contributed by atoms with E-state index in [2.05, 4.69) is 0 Å². The predicted octanol–water partition coefficient (Wildman–Crippen LogP) is 12.6. The molecule has 0 fully saturated rings. The summed E-state index contributed by atoms with van der Waals surface area (Å²) in [6, 6.07) is 4.60. The number of hydrogen-bond acceptors (Lipinski definition) is 0. The number of aromatic nitrogens is 3. The molecule has 11 rings (SSSR count). The molecule has 0 aliphatic carbocycles. The van der Waals surface area contributed by atoms with Crippen LogP contribution in [-0.4, -0.2) is 13.7 Å². The first-order valence-electron chi connectivity index (χ1n) is 25.9. The van der Waals surface area contributed by atoms with Gasteiger partial charge in [0.1, 0.15) is 0 Å². The van der Waals surface area contributed by atoms with E-state index in [0.29, 0.717) is 11.4 Å². The van der Waals surface area contributed by atoms with Crippen molar-refractivity contribution in [3.05, 3.63) is 188 Å². The summed E-state index contributed by atoms with van der Waals surface area (Å²) in [5, 5.41) is -1.33. The van der Waals surface area contributed by atoms with Gasteiger partial charge in [0, 0.05) is 43.7 Å². The van der Waals surface area contributed by atoms with Crippen LogP contribution in [0.5, 0.6) is 0 Å². The molecule has 8 aromatic carbocycles. The molecule has 51 heavy (non-hydrogen) atoms. The molecular weight excluding hydrogens is 619 g/mol. The lowest BCUT2D eigenvalue weighted by atomic mass is 9.98. The van der Waals surface area contributed by atoms with Crippen LogP contribution in [0.2, 0.25) is 0 Å². The van der Waals surface area contributed by atoms with E-state index in [-0.39, 0.29) is 49.3 Å². The van der Waals surface area contributed by atoms with Crippen LogP contribution >= 0.6 is 0 Å². The van der Waals surface area contributed by atoms with Gasteiger partial charge in [-0.15, -0.1) is 0 Å². The molecule has 11 aromatic rings. The van der Waals surface area contributed by atoms with Crippen LogP contribution in [0, 0.1) is 0 Å². The van der Waals surface area contributed by atoms with E-state index in [4.69, 9.17) is 12.3 Å². The normalized spacial score (nSPS) is 17.4. The molecule has 0 radical (unpaired) electrons. The van der Waals surface area contributed by atoms with E-state index < -0.39 is 154 Å². The maximum Gasteiger partial charge on any atom is 0.0645 e. The van der Waals surface area contributed by atoms with Crippen molar-refractivity contribution >= 4 is 65.4 Å². The summed E-state index contributed by atoms with van der Waals surface area (Å²) in [5.41, 5.74) is -2.05. The molecule has 3 aromatic heterocycles. The van der Waals surface area contributed by atoms with Gasteiger partial charge in [0.15, 0.2) is 0 Å². The maximum absolute atomic E-state index is 10.1. The monoisotopic (exact) mass is 669 g/mol. The molecule has 0 bridgehead atoms. The second-order valence-corrected chi connectivity index (χ2v) is 11.8. The van der Waals surface area contributed by atoms with Gasteiger partial charge < -0.3 is 13.7 Å². The van der Waals surface area contributed by atoms with Crippen LogP contribution in [0.4, 0.5) is 0 Å². The molecule has 0 amide bonds. The Morgan fingerprint density at radius 3 is 1.63 bits per heavy atom. The number of para-hydroxylation sites is 5. The summed E-state index contributed by atoms with van der Waals surface area (Å²) in [6.45, 7) is 0. The third-order valence-corrected chi connectivity index (χ3v) is 9.16. The molecule has 238 valence electrons. The molecule has 0 aliphatic rings. The Morgan fingerprint density at radius 1 is 0.353 bits per heavy atom. The highest BCUT2D eigenvalue weighted by Crippen LogP contribution is 2.43. The van der Waals surface area contributed by atoms with Crippen molar-refractivity contribution in [3.63, 3.8) is 0 Å². The number of hydrogen-bond donors (Lipinski definition) is 0. The minimum atomic E-state index is -0.825. The summed E-state index contributed by atoms with van der Waals surface area (Å²) in [4.78, 5) is 0. The molecule has 0 atom stereocenters. The number of rotatable bonds is 4. The third kappa shape index (κ3) is 4.00. The Kier molecular flexibility index (Phi) is 3.18. The lowest BCUT2D eigenvalue weighted by molar-refractivity contribution is 1.17. The zero-order valence-electron chi connectivity index (χ0n) is 46.2. The third-order valence-electron chi connectivity index (χ3n) is 9.16. The fraction of sp³-hybridized carbons (Fsp3) is 0. The first-order valence-corrected chi connectivity index (χ1v) is 15.9. The number of nitrogens with zero attached hydrogens (tertiary/aromatic N) is 3. The predicted molar refractivity (Wildman–Crippen MR) is 215 cm³/mol. The quantitative estimate of drug-likeness (QED) is 0.177. The van der Waals surface area contributed by atoms with Gasteiger partial charge in [-0.2, -0.15) is 0 Å². The summed E-state index contributed by atoms with van der Waals surface area (Å²) in [7, 11) is 0. The Hall–Kier alpha value is -6.84. The highest BCUT2D eigenvalue weighted by molar-refractivity contribution is 6.19. The second-order valence-electron chi connectivity index (χ2n) is 11.8. The van der Waals surface area contributed by atoms with Crippen molar-refractivity contribution in [1.82, 2.24) is 13.7 Å². The zero-order valence-corrected chi connectivity index (χ0v) is 26.2. The van der Waals surface area contributed by atoms with E-state index in [0.717, 1.165) is 4.57 Å². The molecule has 0 saturated heterocycles. The van der Waals surface area contributed by atoms with E-state index in [1.165, 1.54) is 15.2 Å². The standard InChI is InChI=1S/C48H31N3/c1-3-15-33(16-4-1)49-41-24-11-8-20-37(41)47-35(22-13-26-44(47)49)32-29-30-43-39(31-32)36-19-7-10-23-40(36)51(43)46-28-14-27-45-48(46)38-21-9-12-25-42(38)50(45)34-17-5-2-6-18-34/h1-31H/i7D,8D,9D,10D,11D,12D,13D,14D,19D,20D,22D,23D,24D,25D,26D,27D,28D,29D,30D,31D. The van der Waals surface area contributed by atoms with Crippen molar-refractivity contribution < 1.29 is 27.4 Å². The molecule has 0 N–H and O–H groups in total. The van der Waals surface area contributed by atoms with E-state index >= 15 is 0 Å². The zero-order chi connectivity index (χ0) is 50.9. The van der Waals surface area contributed by atoms with E-state index in [1.54, 1.807) is 60.7 Å². The van der Waals surface area contributed by atoms with Gasteiger partial charge in [0.25, 0.3) is 0 Å². The Bertz CT molecular complexity index is 4270. The van der Waals surface area contributed by atoms with Gasteiger partial charge >= 0.3 is 0 Å². The van der Waals surface area contributed by atoms with Crippen molar-refractivity contribution in [2.45, 2.75) is 0 Å². The van der Waals surface area contributed by atoms with Crippen molar-refractivity contribution in [2.75, 3.05) is 0 Å². The number of fused-ring (bicyclic) bond motifs is 9. The van der Waals surface area contributed by atoms with Crippen molar-refractivity contribution in [3.8, 4) is 28.2 Å². The Balaban J connectivity index is 1.41. The summed E-state index contributed by atoms with van der Waals surface area (Å²) in [5.74, 6) is 0. The smallest absolute Gasteiger partial charge is 0.0645 e. The summed E-state index contributed by atoms with van der Waals surface area (Å²) >= 11 is 0. The minimum absolute atomic E-state index is 0.00552. The largest absolute Gasteiger partial charge is 0.309 e. The van der Waals surface area contributed by atoms with Gasteiger partial charge in [-0.3, -0.25) is 0 Å². The van der Waals surface area contributed by atoms with Crippen LogP contribution in [0.15, 0.2) is 188 Å². The fourth-order valence-corrected chi connectivity index (χ4v) is 7.09. The van der Waals surface area contributed by atoms with Gasteiger partial charge in [0.05, 0.1) is 66.2 Å².